The van der Waals surface area contributed by atoms with Crippen molar-refractivity contribution in [3.8, 4) is 0 Å². The van der Waals surface area contributed by atoms with Crippen LogP contribution in [0.25, 0.3) is 0 Å². The molecule has 110 valence electrons. The van der Waals surface area contributed by atoms with Crippen molar-refractivity contribution in [1.82, 2.24) is 14.9 Å². The van der Waals surface area contributed by atoms with E-state index in [1.807, 2.05) is 24.7 Å². The topological polar surface area (TPSA) is 65.4 Å². The Bertz CT molecular complexity index is 488. The highest BCUT2D eigenvalue weighted by molar-refractivity contribution is 5.81. The van der Waals surface area contributed by atoms with Crippen molar-refractivity contribution >= 4 is 5.91 Å². The van der Waals surface area contributed by atoms with Crippen molar-refractivity contribution in [1.29, 1.82) is 0 Å². The monoisotopic (exact) mass is 279 g/mol. The van der Waals surface area contributed by atoms with Crippen LogP contribution in [0.4, 0.5) is 0 Å². The van der Waals surface area contributed by atoms with E-state index in [1.165, 1.54) is 0 Å². The molecule has 0 spiro atoms. The summed E-state index contributed by atoms with van der Waals surface area (Å²) in [5.74, 6) is 0.831. The van der Waals surface area contributed by atoms with Gasteiger partial charge in [0, 0.05) is 26.0 Å². The molecule has 2 fully saturated rings. The summed E-state index contributed by atoms with van der Waals surface area (Å²) in [5.41, 5.74) is 0. The van der Waals surface area contributed by atoms with Crippen LogP contribution in [-0.4, -0.2) is 40.3 Å². The van der Waals surface area contributed by atoms with E-state index < -0.39 is 0 Å². The molecular formula is C14H21N3O3. The molecule has 2 aliphatic heterocycles. The first-order valence-corrected chi connectivity index (χ1v) is 7.20. The van der Waals surface area contributed by atoms with Crippen LogP contribution in [0.15, 0.2) is 12.4 Å². The average molecular weight is 279 g/mol. The number of aromatic nitrogens is 2. The third-order valence-electron chi connectivity index (χ3n) is 4.06. The van der Waals surface area contributed by atoms with Gasteiger partial charge in [0.1, 0.15) is 18.0 Å². The van der Waals surface area contributed by atoms with E-state index in [9.17, 15) is 4.79 Å². The molecule has 1 aromatic rings. The van der Waals surface area contributed by atoms with E-state index in [0.717, 1.165) is 25.1 Å². The zero-order valence-electron chi connectivity index (χ0n) is 11.9. The second-order valence-corrected chi connectivity index (χ2v) is 5.60. The zero-order valence-corrected chi connectivity index (χ0v) is 11.9. The van der Waals surface area contributed by atoms with Gasteiger partial charge >= 0.3 is 0 Å². The predicted molar refractivity (Wildman–Crippen MR) is 72.0 cm³/mol. The zero-order chi connectivity index (χ0) is 14.1. The van der Waals surface area contributed by atoms with E-state index in [4.69, 9.17) is 9.47 Å². The van der Waals surface area contributed by atoms with Crippen molar-refractivity contribution in [2.24, 2.45) is 7.05 Å². The van der Waals surface area contributed by atoms with Gasteiger partial charge in [-0.3, -0.25) is 4.79 Å². The molecule has 3 heterocycles. The summed E-state index contributed by atoms with van der Waals surface area (Å²) in [5, 5.41) is 3.06. The van der Waals surface area contributed by atoms with Crippen LogP contribution in [0.1, 0.15) is 38.1 Å². The first kappa shape index (κ1) is 13.6. The van der Waals surface area contributed by atoms with Gasteiger partial charge in [-0.2, -0.15) is 0 Å². The number of ether oxygens (including phenoxy) is 2. The van der Waals surface area contributed by atoms with Gasteiger partial charge in [-0.15, -0.1) is 0 Å². The molecule has 0 saturated carbocycles. The van der Waals surface area contributed by atoms with Gasteiger partial charge in [-0.25, -0.2) is 4.98 Å². The molecule has 1 N–H and O–H groups in total. The molecule has 4 atom stereocenters. The molecule has 2 saturated heterocycles. The van der Waals surface area contributed by atoms with E-state index in [-0.39, 0.29) is 30.3 Å². The fourth-order valence-corrected chi connectivity index (χ4v) is 2.91. The third kappa shape index (κ3) is 2.58. The van der Waals surface area contributed by atoms with Crippen molar-refractivity contribution in [3.63, 3.8) is 0 Å². The molecule has 2 aliphatic rings. The third-order valence-corrected chi connectivity index (χ3v) is 4.06. The van der Waals surface area contributed by atoms with Crippen molar-refractivity contribution in [2.45, 2.75) is 50.5 Å². The van der Waals surface area contributed by atoms with E-state index in [0.29, 0.717) is 6.61 Å². The summed E-state index contributed by atoms with van der Waals surface area (Å²) in [6, 6.07) is -0.0249. The van der Waals surface area contributed by atoms with E-state index in [2.05, 4.69) is 10.3 Å². The number of hydrogen-bond acceptors (Lipinski definition) is 4. The second kappa shape index (κ2) is 5.54. The van der Waals surface area contributed by atoms with Crippen molar-refractivity contribution in [3.05, 3.63) is 18.2 Å². The first-order valence-electron chi connectivity index (χ1n) is 7.20. The largest absolute Gasteiger partial charge is 0.368 e. The number of nitrogens with zero attached hydrogens (tertiary/aromatic N) is 2. The Kier molecular flexibility index (Phi) is 3.76. The van der Waals surface area contributed by atoms with Crippen molar-refractivity contribution in [2.75, 3.05) is 6.61 Å². The number of rotatable bonds is 3. The highest BCUT2D eigenvalue weighted by Crippen LogP contribution is 2.28. The van der Waals surface area contributed by atoms with Crippen LogP contribution in [0.2, 0.25) is 0 Å². The number of carbonyl (C=O) groups is 1. The normalized spacial score (nSPS) is 33.5. The number of imidazole rings is 1. The summed E-state index contributed by atoms with van der Waals surface area (Å²) in [4.78, 5) is 16.5. The fraction of sp³-hybridized carbons (Fsp3) is 0.714. The first-order chi connectivity index (χ1) is 9.65. The van der Waals surface area contributed by atoms with E-state index in [1.54, 1.807) is 6.20 Å². The SMILES string of the molecule is C[C@@H]1CC[C@@H](C(=O)N[C@H]2CCO[C@@H]2c2nccn2C)O1. The lowest BCUT2D eigenvalue weighted by molar-refractivity contribution is -0.132. The number of carbonyl (C=O) groups excluding carboxylic acids is 1. The molecule has 0 bridgehead atoms. The van der Waals surface area contributed by atoms with Gasteiger partial charge in [0.2, 0.25) is 5.91 Å². The Morgan fingerprint density at radius 2 is 2.30 bits per heavy atom. The summed E-state index contributed by atoms with van der Waals surface area (Å²) in [6.45, 7) is 2.65. The molecule has 6 nitrogen and oxygen atoms in total. The number of amides is 1. The Balaban J connectivity index is 1.64. The number of aryl methyl sites for hydroxylation is 1. The van der Waals surface area contributed by atoms with Crippen LogP contribution in [0.3, 0.4) is 0 Å². The van der Waals surface area contributed by atoms with Gasteiger partial charge in [-0.1, -0.05) is 0 Å². The standard InChI is InChI=1S/C14H21N3O3/c1-9-3-4-11(20-9)14(18)16-10-5-8-19-12(10)13-15-6-7-17(13)2/h6-7,9-12H,3-5,8H2,1-2H3,(H,16,18)/t9-,10+,11+,12+/m1/s1. The Labute approximate surface area is 118 Å². The smallest absolute Gasteiger partial charge is 0.249 e. The summed E-state index contributed by atoms with van der Waals surface area (Å²) < 4.78 is 13.3. The highest BCUT2D eigenvalue weighted by atomic mass is 16.5. The highest BCUT2D eigenvalue weighted by Gasteiger charge is 2.36. The molecule has 0 aromatic carbocycles. The molecular weight excluding hydrogens is 258 g/mol. The molecule has 0 radical (unpaired) electrons. The quantitative estimate of drug-likeness (QED) is 0.894. The van der Waals surface area contributed by atoms with Gasteiger partial charge in [0.05, 0.1) is 12.1 Å². The maximum absolute atomic E-state index is 12.2. The minimum absolute atomic E-state index is 0.0240. The van der Waals surface area contributed by atoms with E-state index >= 15 is 0 Å². The van der Waals surface area contributed by atoms with Gasteiger partial charge in [0.25, 0.3) is 0 Å². The van der Waals surface area contributed by atoms with Gasteiger partial charge in [0.15, 0.2) is 0 Å². The van der Waals surface area contributed by atoms with Crippen LogP contribution < -0.4 is 5.32 Å². The summed E-state index contributed by atoms with van der Waals surface area (Å²) >= 11 is 0. The molecule has 0 unspecified atom stereocenters. The maximum atomic E-state index is 12.2. The Morgan fingerprint density at radius 1 is 1.45 bits per heavy atom. The second-order valence-electron chi connectivity index (χ2n) is 5.60. The molecule has 1 amide bonds. The minimum Gasteiger partial charge on any atom is -0.368 e. The van der Waals surface area contributed by atoms with Crippen LogP contribution in [0, 0.1) is 0 Å². The van der Waals surface area contributed by atoms with Crippen LogP contribution in [-0.2, 0) is 21.3 Å². The lowest BCUT2D eigenvalue weighted by atomic mass is 10.1. The lowest BCUT2D eigenvalue weighted by Crippen LogP contribution is -2.43. The van der Waals surface area contributed by atoms with Crippen LogP contribution in [0.5, 0.6) is 0 Å². The Morgan fingerprint density at radius 3 is 2.95 bits per heavy atom. The fourth-order valence-electron chi connectivity index (χ4n) is 2.91. The summed E-state index contributed by atoms with van der Waals surface area (Å²) in [6.07, 6.45) is 5.89. The molecule has 20 heavy (non-hydrogen) atoms. The van der Waals surface area contributed by atoms with Gasteiger partial charge < -0.3 is 19.4 Å². The minimum atomic E-state index is -0.312. The van der Waals surface area contributed by atoms with Crippen molar-refractivity contribution < 1.29 is 14.3 Å². The molecule has 3 rings (SSSR count). The predicted octanol–water partition coefficient (Wildman–Crippen LogP) is 0.934. The van der Waals surface area contributed by atoms with Crippen LogP contribution >= 0.6 is 0 Å². The summed E-state index contributed by atoms with van der Waals surface area (Å²) in [7, 11) is 1.94. The Hall–Kier alpha value is -1.40. The lowest BCUT2D eigenvalue weighted by Gasteiger charge is -2.21. The number of nitrogens with one attached hydrogen (secondary N) is 1. The van der Waals surface area contributed by atoms with Gasteiger partial charge in [-0.05, 0) is 26.2 Å². The number of hydrogen-bond donors (Lipinski definition) is 1. The maximum Gasteiger partial charge on any atom is 0.249 e. The molecule has 6 heteroatoms. The molecule has 1 aromatic heterocycles. The molecule has 0 aliphatic carbocycles. The average Bonchev–Trinajstić information content (AvgIpc) is 3.10.